The van der Waals surface area contributed by atoms with Crippen LogP contribution in [0.15, 0.2) is 24.3 Å². The number of hydrogen-bond donors (Lipinski definition) is 0. The van der Waals surface area contributed by atoms with Gasteiger partial charge in [-0.15, -0.1) is 0 Å². The van der Waals surface area contributed by atoms with E-state index in [4.69, 9.17) is 18.9 Å². The average Bonchev–Trinajstić information content (AvgIpc) is 3.38. The van der Waals surface area contributed by atoms with Gasteiger partial charge < -0.3 is 40.4 Å². The van der Waals surface area contributed by atoms with E-state index in [2.05, 4.69) is 31.2 Å². The van der Waals surface area contributed by atoms with E-state index in [-0.39, 0.29) is 17.0 Å². The lowest BCUT2D eigenvalue weighted by Gasteiger charge is -2.51. The summed E-state index contributed by atoms with van der Waals surface area (Å²) in [6.07, 6.45) is 4.61. The molecule has 4 heterocycles. The van der Waals surface area contributed by atoms with Crippen molar-refractivity contribution in [2.75, 3.05) is 26.7 Å². The SMILES string of the molecule is CCCC[N+]12CCc3cc4c(cc3C1Cc1ccc3c(c1C2)OCO3)OCO4.[Br-]. The normalized spacial score (nSPS) is 24.9. The largest absolute Gasteiger partial charge is 1.00 e. The van der Waals surface area contributed by atoms with Crippen molar-refractivity contribution in [2.45, 2.75) is 45.2 Å². The van der Waals surface area contributed by atoms with Gasteiger partial charge in [0.05, 0.1) is 18.7 Å². The van der Waals surface area contributed by atoms with Gasteiger partial charge in [-0.3, -0.25) is 0 Å². The highest BCUT2D eigenvalue weighted by Crippen LogP contribution is 2.51. The van der Waals surface area contributed by atoms with Gasteiger partial charge in [0.2, 0.25) is 13.6 Å². The Morgan fingerprint density at radius 2 is 1.76 bits per heavy atom. The van der Waals surface area contributed by atoms with Gasteiger partial charge in [0.1, 0.15) is 12.6 Å². The summed E-state index contributed by atoms with van der Waals surface area (Å²) in [5, 5.41) is 0. The zero-order valence-electron chi connectivity index (χ0n) is 16.7. The summed E-state index contributed by atoms with van der Waals surface area (Å²) in [7, 11) is 0. The molecule has 4 aliphatic rings. The number of ether oxygens (including phenoxy) is 4. The molecule has 2 unspecified atom stereocenters. The van der Waals surface area contributed by atoms with Gasteiger partial charge in [-0.1, -0.05) is 19.4 Å². The molecule has 0 radical (unpaired) electrons. The summed E-state index contributed by atoms with van der Waals surface area (Å²) < 4.78 is 24.0. The van der Waals surface area contributed by atoms with Gasteiger partial charge in [0, 0.05) is 18.4 Å². The van der Waals surface area contributed by atoms with Crippen LogP contribution in [0, 0.1) is 0 Å². The van der Waals surface area contributed by atoms with Gasteiger partial charge in [0.15, 0.2) is 23.0 Å². The first-order chi connectivity index (χ1) is 13.8. The van der Waals surface area contributed by atoms with Crippen molar-refractivity contribution < 1.29 is 40.4 Å². The highest BCUT2D eigenvalue weighted by atomic mass is 79.9. The zero-order chi connectivity index (χ0) is 18.7. The van der Waals surface area contributed by atoms with Gasteiger partial charge in [-0.25, -0.2) is 0 Å². The Balaban J connectivity index is 0.00000181. The smallest absolute Gasteiger partial charge is 0.231 e. The second-order valence-electron chi connectivity index (χ2n) is 8.49. The van der Waals surface area contributed by atoms with Crippen molar-refractivity contribution in [3.63, 3.8) is 0 Å². The molecule has 0 aliphatic carbocycles. The van der Waals surface area contributed by atoms with E-state index in [1.807, 2.05) is 0 Å². The lowest BCUT2D eigenvalue weighted by Crippen LogP contribution is -3.00. The van der Waals surface area contributed by atoms with Crippen LogP contribution >= 0.6 is 0 Å². The molecular weight excluding hydrogens is 434 g/mol. The Bertz CT molecular complexity index is 962. The molecule has 2 aromatic carbocycles. The summed E-state index contributed by atoms with van der Waals surface area (Å²) in [5.41, 5.74) is 5.66. The van der Waals surface area contributed by atoms with Crippen LogP contribution in [0.4, 0.5) is 0 Å². The molecule has 0 saturated carbocycles. The molecule has 0 fully saturated rings. The van der Waals surface area contributed by atoms with Crippen LogP contribution in [-0.2, 0) is 19.4 Å². The molecule has 6 rings (SSSR count). The van der Waals surface area contributed by atoms with Crippen LogP contribution < -0.4 is 35.9 Å². The summed E-state index contributed by atoms with van der Waals surface area (Å²) in [5.74, 6) is 3.71. The van der Waals surface area contributed by atoms with Crippen molar-refractivity contribution in [2.24, 2.45) is 0 Å². The number of rotatable bonds is 3. The standard InChI is InChI=1S/C23H26NO4.BrH/c1-2-3-7-24-8-6-16-10-21-22(27-13-26-21)11-17(16)19(24)9-15-4-5-20-23(18(15)12-24)28-14-25-20;/h4-5,10-11,19H,2-3,6-9,12-14H2,1H3;1H/q+1;/p-1. The fourth-order valence-corrected chi connectivity index (χ4v) is 5.59. The van der Waals surface area contributed by atoms with Crippen molar-refractivity contribution in [3.05, 3.63) is 46.5 Å². The topological polar surface area (TPSA) is 36.9 Å². The fraction of sp³-hybridized carbons (Fsp3) is 0.478. The van der Waals surface area contributed by atoms with Crippen LogP contribution in [0.2, 0.25) is 0 Å². The maximum absolute atomic E-state index is 5.89. The van der Waals surface area contributed by atoms with Crippen molar-refractivity contribution in [1.82, 2.24) is 0 Å². The Morgan fingerprint density at radius 1 is 0.966 bits per heavy atom. The molecule has 0 bridgehead atoms. The number of hydrogen-bond acceptors (Lipinski definition) is 4. The fourth-order valence-electron chi connectivity index (χ4n) is 5.59. The molecule has 5 nitrogen and oxygen atoms in total. The first kappa shape index (κ1) is 19.1. The third-order valence-corrected chi connectivity index (χ3v) is 7.06. The van der Waals surface area contributed by atoms with Crippen LogP contribution in [0.1, 0.15) is 48.1 Å². The molecule has 0 amide bonds. The van der Waals surface area contributed by atoms with E-state index >= 15 is 0 Å². The molecule has 0 saturated heterocycles. The molecule has 0 aromatic heterocycles. The highest BCUT2D eigenvalue weighted by Gasteiger charge is 2.47. The molecule has 154 valence electrons. The molecule has 6 heteroatoms. The minimum Gasteiger partial charge on any atom is -1.00 e. The van der Waals surface area contributed by atoms with Crippen molar-refractivity contribution in [1.29, 1.82) is 0 Å². The van der Waals surface area contributed by atoms with E-state index in [0.717, 1.165) is 46.9 Å². The van der Waals surface area contributed by atoms with Crippen molar-refractivity contribution >= 4 is 0 Å². The maximum Gasteiger partial charge on any atom is 0.231 e. The lowest BCUT2D eigenvalue weighted by atomic mass is 9.80. The molecule has 4 aliphatic heterocycles. The quantitative estimate of drug-likeness (QED) is 0.644. The first-order valence-corrected chi connectivity index (χ1v) is 10.5. The predicted octanol–water partition coefficient (Wildman–Crippen LogP) is 1.12. The van der Waals surface area contributed by atoms with Crippen LogP contribution in [0.25, 0.3) is 0 Å². The van der Waals surface area contributed by atoms with Crippen LogP contribution in [0.3, 0.4) is 0 Å². The van der Waals surface area contributed by atoms with E-state index in [9.17, 15) is 0 Å². The monoisotopic (exact) mass is 459 g/mol. The van der Waals surface area contributed by atoms with Crippen molar-refractivity contribution in [3.8, 4) is 23.0 Å². The minimum absolute atomic E-state index is 0. The second-order valence-corrected chi connectivity index (χ2v) is 8.49. The number of fused-ring (bicyclic) bond motifs is 7. The number of quaternary nitrogens is 1. The molecule has 29 heavy (non-hydrogen) atoms. The Morgan fingerprint density at radius 3 is 2.62 bits per heavy atom. The molecule has 2 atom stereocenters. The predicted molar refractivity (Wildman–Crippen MR) is 104 cm³/mol. The first-order valence-electron chi connectivity index (χ1n) is 10.5. The van der Waals surface area contributed by atoms with E-state index < -0.39 is 0 Å². The van der Waals surface area contributed by atoms with Gasteiger partial charge in [-0.2, -0.15) is 0 Å². The Kier molecular flexibility index (Phi) is 4.67. The lowest BCUT2D eigenvalue weighted by molar-refractivity contribution is -0.973. The summed E-state index contributed by atoms with van der Waals surface area (Å²) in [6.45, 7) is 6.37. The average molecular weight is 460 g/mol. The number of halogens is 1. The third-order valence-electron chi connectivity index (χ3n) is 7.06. The van der Waals surface area contributed by atoms with Gasteiger partial charge in [0.25, 0.3) is 0 Å². The molecule has 0 spiro atoms. The highest BCUT2D eigenvalue weighted by molar-refractivity contribution is 5.54. The van der Waals surface area contributed by atoms with E-state index in [1.165, 1.54) is 48.2 Å². The zero-order valence-corrected chi connectivity index (χ0v) is 18.3. The number of benzene rings is 2. The van der Waals surface area contributed by atoms with E-state index in [0.29, 0.717) is 19.6 Å². The maximum atomic E-state index is 5.89. The van der Waals surface area contributed by atoms with Crippen LogP contribution in [0.5, 0.6) is 23.0 Å². The Hall–Kier alpha value is -1.92. The molecule has 2 aromatic rings. The van der Waals surface area contributed by atoms with Crippen LogP contribution in [-0.4, -0.2) is 31.2 Å². The molecule has 0 N–H and O–H groups in total. The van der Waals surface area contributed by atoms with Gasteiger partial charge >= 0.3 is 0 Å². The summed E-state index contributed by atoms with van der Waals surface area (Å²) in [4.78, 5) is 0. The summed E-state index contributed by atoms with van der Waals surface area (Å²) >= 11 is 0. The summed E-state index contributed by atoms with van der Waals surface area (Å²) in [6, 6.07) is 9.28. The van der Waals surface area contributed by atoms with Gasteiger partial charge in [-0.05, 0) is 35.7 Å². The molecular formula is C23H26BrNO4. The number of unbranched alkanes of at least 4 members (excludes halogenated alkanes) is 1. The third kappa shape index (κ3) is 2.83. The minimum atomic E-state index is 0. The second kappa shape index (κ2) is 7.10. The number of nitrogens with zero attached hydrogens (tertiary/aromatic N) is 1. The van der Waals surface area contributed by atoms with E-state index in [1.54, 1.807) is 0 Å². The Labute approximate surface area is 181 Å².